The maximum absolute atomic E-state index is 6.11. The van der Waals surface area contributed by atoms with E-state index in [9.17, 15) is 0 Å². The van der Waals surface area contributed by atoms with Crippen molar-refractivity contribution < 1.29 is 0 Å². The summed E-state index contributed by atoms with van der Waals surface area (Å²) >= 11 is 7.63. The van der Waals surface area contributed by atoms with E-state index in [1.54, 1.807) is 0 Å². The van der Waals surface area contributed by atoms with Gasteiger partial charge in [-0.25, -0.2) is 4.98 Å². The van der Waals surface area contributed by atoms with Crippen LogP contribution in [-0.4, -0.2) is 9.97 Å². The number of aryl methyl sites for hydroxylation is 1. The van der Waals surface area contributed by atoms with Crippen molar-refractivity contribution in [3.63, 3.8) is 0 Å². The Kier molecular flexibility index (Phi) is 3.80. The Morgan fingerprint density at radius 1 is 1.33 bits per heavy atom. The predicted molar refractivity (Wildman–Crippen MR) is 80.7 cm³/mol. The third kappa shape index (κ3) is 2.32. The van der Waals surface area contributed by atoms with Gasteiger partial charge < -0.3 is 10.3 Å². The van der Waals surface area contributed by atoms with E-state index < -0.39 is 0 Å². The summed E-state index contributed by atoms with van der Waals surface area (Å²) in [5, 5.41) is 5.24. The van der Waals surface area contributed by atoms with Crippen molar-refractivity contribution in [2.75, 3.05) is 5.32 Å². The van der Waals surface area contributed by atoms with Crippen LogP contribution in [0.5, 0.6) is 0 Å². The van der Waals surface area contributed by atoms with Crippen LogP contribution in [0.1, 0.15) is 5.56 Å². The number of aromatic nitrogens is 2. The molecular formula is C12H11Cl2N3S. The van der Waals surface area contributed by atoms with Crippen LogP contribution in [0.25, 0.3) is 11.0 Å². The summed E-state index contributed by atoms with van der Waals surface area (Å²) in [7, 11) is 0. The lowest BCUT2D eigenvalue weighted by molar-refractivity contribution is 1.30. The van der Waals surface area contributed by atoms with Crippen molar-refractivity contribution in [1.82, 2.24) is 9.97 Å². The third-order valence-electron chi connectivity index (χ3n) is 2.56. The number of para-hydroxylation sites is 2. The molecule has 0 spiro atoms. The maximum atomic E-state index is 6.11. The highest BCUT2D eigenvalue weighted by Crippen LogP contribution is 2.34. The number of halogens is 2. The zero-order chi connectivity index (χ0) is 11.8. The monoisotopic (exact) mass is 299 g/mol. The average molecular weight is 300 g/mol. The number of nitrogens with zero attached hydrogens (tertiary/aromatic N) is 1. The number of nitrogens with one attached hydrogen (secondary N) is 2. The summed E-state index contributed by atoms with van der Waals surface area (Å²) in [6.07, 6.45) is 0. The minimum absolute atomic E-state index is 0. The lowest BCUT2D eigenvalue weighted by Gasteiger charge is -2.01. The van der Waals surface area contributed by atoms with E-state index in [-0.39, 0.29) is 12.4 Å². The molecule has 0 saturated carbocycles. The standard InChI is InChI=1S/C12H10ClN3S.ClH/c1-7-6-17-11(13)10(7)16-12-14-8-4-2-3-5-9(8)15-12;/h2-6H,1H3,(H2,14,15,16);1H. The molecule has 6 heteroatoms. The predicted octanol–water partition coefficient (Wildman–Crippen LogP) is 4.75. The van der Waals surface area contributed by atoms with E-state index in [1.807, 2.05) is 36.6 Å². The van der Waals surface area contributed by atoms with Gasteiger partial charge in [-0.1, -0.05) is 23.7 Å². The minimum Gasteiger partial charge on any atom is -0.324 e. The second-order valence-corrected chi connectivity index (χ2v) is 5.28. The van der Waals surface area contributed by atoms with Crippen LogP contribution in [0.4, 0.5) is 11.6 Å². The molecule has 2 aromatic heterocycles. The molecular weight excluding hydrogens is 289 g/mol. The Morgan fingerprint density at radius 3 is 2.78 bits per heavy atom. The molecule has 0 atom stereocenters. The lowest BCUT2D eigenvalue weighted by atomic mass is 10.3. The van der Waals surface area contributed by atoms with Gasteiger partial charge in [-0.05, 0) is 30.0 Å². The van der Waals surface area contributed by atoms with Crippen molar-refractivity contribution in [2.45, 2.75) is 6.92 Å². The van der Waals surface area contributed by atoms with Crippen LogP contribution >= 0.6 is 35.3 Å². The number of imidazole rings is 1. The van der Waals surface area contributed by atoms with Gasteiger partial charge in [0, 0.05) is 0 Å². The van der Waals surface area contributed by atoms with Gasteiger partial charge >= 0.3 is 0 Å². The number of hydrogen-bond donors (Lipinski definition) is 2. The number of anilines is 2. The number of benzene rings is 1. The molecule has 1 aromatic carbocycles. The van der Waals surface area contributed by atoms with Gasteiger partial charge in [0.15, 0.2) is 0 Å². The number of aromatic amines is 1. The minimum atomic E-state index is 0. The van der Waals surface area contributed by atoms with Gasteiger partial charge in [-0.3, -0.25) is 0 Å². The average Bonchev–Trinajstić information content (AvgIpc) is 2.87. The maximum Gasteiger partial charge on any atom is 0.205 e. The summed E-state index contributed by atoms with van der Waals surface area (Å²) < 4.78 is 0.753. The number of fused-ring (bicyclic) bond motifs is 1. The molecule has 0 fully saturated rings. The molecule has 0 amide bonds. The molecule has 0 saturated heterocycles. The molecule has 18 heavy (non-hydrogen) atoms. The quantitative estimate of drug-likeness (QED) is 0.717. The Morgan fingerprint density at radius 2 is 2.11 bits per heavy atom. The highest BCUT2D eigenvalue weighted by molar-refractivity contribution is 7.15. The summed E-state index contributed by atoms with van der Waals surface area (Å²) in [5.41, 5.74) is 4.01. The Bertz CT molecular complexity index is 622. The van der Waals surface area contributed by atoms with Crippen LogP contribution in [-0.2, 0) is 0 Å². The summed E-state index contributed by atoms with van der Waals surface area (Å²) in [5.74, 6) is 0.717. The summed E-state index contributed by atoms with van der Waals surface area (Å²) in [6, 6.07) is 7.91. The fourth-order valence-corrected chi connectivity index (χ4v) is 2.75. The van der Waals surface area contributed by atoms with Gasteiger partial charge in [0.1, 0.15) is 4.34 Å². The largest absolute Gasteiger partial charge is 0.324 e. The van der Waals surface area contributed by atoms with Crippen molar-refractivity contribution in [2.24, 2.45) is 0 Å². The van der Waals surface area contributed by atoms with Gasteiger partial charge in [0.2, 0.25) is 5.95 Å². The van der Waals surface area contributed by atoms with Gasteiger partial charge in [0.25, 0.3) is 0 Å². The van der Waals surface area contributed by atoms with Crippen LogP contribution in [0.3, 0.4) is 0 Å². The van der Waals surface area contributed by atoms with E-state index in [0.29, 0.717) is 0 Å². The lowest BCUT2D eigenvalue weighted by Crippen LogP contribution is -1.92. The number of thiophene rings is 1. The van der Waals surface area contributed by atoms with Crippen molar-refractivity contribution >= 4 is 58.0 Å². The molecule has 3 aromatic rings. The SMILES string of the molecule is Cc1csc(Cl)c1Nc1nc2ccccc2[nH]1.Cl. The molecule has 2 N–H and O–H groups in total. The van der Waals surface area contributed by atoms with Crippen LogP contribution in [0, 0.1) is 6.92 Å². The molecule has 3 rings (SSSR count). The summed E-state index contributed by atoms with van der Waals surface area (Å²) in [4.78, 5) is 7.66. The number of H-pyrrole nitrogens is 1. The van der Waals surface area contributed by atoms with Gasteiger partial charge in [-0.2, -0.15) is 0 Å². The van der Waals surface area contributed by atoms with E-state index >= 15 is 0 Å². The van der Waals surface area contributed by atoms with Crippen LogP contribution in [0.15, 0.2) is 29.6 Å². The molecule has 0 bridgehead atoms. The topological polar surface area (TPSA) is 40.7 Å². The number of rotatable bonds is 2. The first-order valence-corrected chi connectivity index (χ1v) is 6.45. The smallest absolute Gasteiger partial charge is 0.205 e. The molecule has 0 aliphatic rings. The zero-order valence-electron chi connectivity index (χ0n) is 9.53. The second-order valence-electron chi connectivity index (χ2n) is 3.79. The molecule has 0 aliphatic carbocycles. The van der Waals surface area contributed by atoms with Crippen LogP contribution in [0.2, 0.25) is 4.34 Å². The van der Waals surface area contributed by atoms with Crippen LogP contribution < -0.4 is 5.32 Å². The normalized spacial score (nSPS) is 10.3. The Balaban J connectivity index is 0.00000120. The molecule has 0 aliphatic heterocycles. The first-order valence-electron chi connectivity index (χ1n) is 5.19. The van der Waals surface area contributed by atoms with E-state index in [0.717, 1.165) is 32.6 Å². The van der Waals surface area contributed by atoms with E-state index in [1.165, 1.54) is 11.3 Å². The van der Waals surface area contributed by atoms with Gasteiger partial charge in [-0.15, -0.1) is 23.7 Å². The highest BCUT2D eigenvalue weighted by Gasteiger charge is 2.09. The molecule has 94 valence electrons. The van der Waals surface area contributed by atoms with E-state index in [2.05, 4.69) is 15.3 Å². The fourth-order valence-electron chi connectivity index (χ4n) is 1.69. The first kappa shape index (κ1) is 13.2. The Hall–Kier alpha value is -1.23. The third-order valence-corrected chi connectivity index (χ3v) is 3.90. The van der Waals surface area contributed by atoms with Crippen molar-refractivity contribution in [3.8, 4) is 0 Å². The van der Waals surface area contributed by atoms with Crippen molar-refractivity contribution in [1.29, 1.82) is 0 Å². The van der Waals surface area contributed by atoms with E-state index in [4.69, 9.17) is 11.6 Å². The fraction of sp³-hybridized carbons (Fsp3) is 0.0833. The first-order chi connectivity index (χ1) is 8.24. The zero-order valence-corrected chi connectivity index (χ0v) is 11.9. The second kappa shape index (κ2) is 5.18. The molecule has 0 radical (unpaired) electrons. The molecule has 0 unspecified atom stereocenters. The Labute approximate surface area is 120 Å². The van der Waals surface area contributed by atoms with Crippen molar-refractivity contribution in [3.05, 3.63) is 39.5 Å². The highest BCUT2D eigenvalue weighted by atomic mass is 35.5. The summed E-state index contributed by atoms with van der Waals surface area (Å²) in [6.45, 7) is 2.02. The molecule has 3 nitrogen and oxygen atoms in total. The molecule has 2 heterocycles. The number of hydrogen-bond acceptors (Lipinski definition) is 3. The van der Waals surface area contributed by atoms with Gasteiger partial charge in [0.05, 0.1) is 16.7 Å².